The predicted molar refractivity (Wildman–Crippen MR) is 128 cm³/mol. The Kier molecular flexibility index (Phi) is 6.10. The molecule has 0 saturated carbocycles. The molecule has 4 amide bonds. The van der Waals surface area contributed by atoms with Crippen molar-refractivity contribution in [3.8, 4) is 11.5 Å². The van der Waals surface area contributed by atoms with Crippen molar-refractivity contribution in [2.75, 3.05) is 26.3 Å². The first kappa shape index (κ1) is 22.5. The van der Waals surface area contributed by atoms with Gasteiger partial charge in [0, 0.05) is 6.54 Å². The van der Waals surface area contributed by atoms with Crippen molar-refractivity contribution in [1.29, 1.82) is 0 Å². The third-order valence-corrected chi connectivity index (χ3v) is 6.16. The van der Waals surface area contributed by atoms with Gasteiger partial charge in [0.05, 0.1) is 0 Å². The highest BCUT2D eigenvalue weighted by Crippen LogP contribution is 2.36. The molecule has 0 spiro atoms. The molecule has 2 N–H and O–H groups in total. The second-order valence-corrected chi connectivity index (χ2v) is 8.38. The molecule has 2 aliphatic heterocycles. The predicted octanol–water partition coefficient (Wildman–Crippen LogP) is 2.61. The van der Waals surface area contributed by atoms with Gasteiger partial charge in [0.2, 0.25) is 5.91 Å². The van der Waals surface area contributed by atoms with E-state index in [0.717, 1.165) is 10.5 Å². The average Bonchev–Trinajstić information content (AvgIpc) is 3.15. The summed E-state index contributed by atoms with van der Waals surface area (Å²) in [6, 6.07) is 23.2. The number of rotatable bonds is 7. The number of carbonyl (C=O) groups is 3. The lowest BCUT2D eigenvalue weighted by Crippen LogP contribution is -2.46. The van der Waals surface area contributed by atoms with E-state index in [1.165, 1.54) is 0 Å². The molecule has 2 aliphatic rings. The molecule has 3 aromatic carbocycles. The fraction of sp³-hybridized carbons (Fsp3) is 0.222. The minimum absolute atomic E-state index is 0.352. The molecule has 1 saturated heterocycles. The van der Waals surface area contributed by atoms with Crippen LogP contribution in [0.25, 0.3) is 0 Å². The average molecular weight is 472 g/mol. The summed E-state index contributed by atoms with van der Waals surface area (Å²) in [4.78, 5) is 40.2. The Morgan fingerprint density at radius 3 is 2.17 bits per heavy atom. The highest BCUT2D eigenvalue weighted by molar-refractivity contribution is 6.11. The zero-order chi connectivity index (χ0) is 24.3. The molecule has 1 fully saturated rings. The van der Waals surface area contributed by atoms with Crippen molar-refractivity contribution in [1.82, 2.24) is 15.5 Å². The first-order chi connectivity index (χ1) is 17.1. The van der Waals surface area contributed by atoms with Crippen molar-refractivity contribution in [2.24, 2.45) is 0 Å². The molecule has 8 heteroatoms. The van der Waals surface area contributed by atoms with Gasteiger partial charge in [-0.05, 0) is 35.2 Å². The zero-order valence-electron chi connectivity index (χ0n) is 19.0. The molecule has 178 valence electrons. The van der Waals surface area contributed by atoms with E-state index in [4.69, 9.17) is 9.47 Å². The van der Waals surface area contributed by atoms with Crippen LogP contribution in [0.15, 0.2) is 78.9 Å². The van der Waals surface area contributed by atoms with Crippen molar-refractivity contribution in [3.63, 3.8) is 0 Å². The third-order valence-electron chi connectivity index (χ3n) is 6.16. The highest BCUT2D eigenvalue weighted by atomic mass is 16.6. The monoisotopic (exact) mass is 471 g/mol. The van der Waals surface area contributed by atoms with Gasteiger partial charge in [-0.2, -0.15) is 0 Å². The molecule has 3 aromatic rings. The summed E-state index contributed by atoms with van der Waals surface area (Å²) in [5, 5.41) is 5.65. The van der Waals surface area contributed by atoms with Gasteiger partial charge in [-0.1, -0.05) is 66.7 Å². The number of hydrogen-bond donors (Lipinski definition) is 2. The van der Waals surface area contributed by atoms with Gasteiger partial charge >= 0.3 is 6.03 Å². The van der Waals surface area contributed by atoms with Gasteiger partial charge in [0.1, 0.15) is 19.8 Å². The number of urea groups is 1. The van der Waals surface area contributed by atoms with E-state index in [1.807, 2.05) is 54.6 Å². The van der Waals surface area contributed by atoms with Crippen molar-refractivity contribution < 1.29 is 23.9 Å². The number of benzene rings is 3. The number of fused-ring (bicyclic) bond motifs is 1. The minimum atomic E-state index is -1.38. The Labute approximate surface area is 202 Å². The van der Waals surface area contributed by atoms with Crippen LogP contribution in [0.5, 0.6) is 11.5 Å². The first-order valence-electron chi connectivity index (χ1n) is 11.5. The van der Waals surface area contributed by atoms with E-state index < -0.39 is 23.4 Å². The molecule has 8 nitrogen and oxygen atoms in total. The third kappa shape index (κ3) is 4.30. The Bertz CT molecular complexity index is 1210. The van der Waals surface area contributed by atoms with Gasteiger partial charge in [-0.3, -0.25) is 14.5 Å². The van der Waals surface area contributed by atoms with E-state index in [0.29, 0.717) is 48.8 Å². The van der Waals surface area contributed by atoms with Gasteiger partial charge < -0.3 is 20.1 Å². The Balaban J connectivity index is 1.27. The molecule has 0 unspecified atom stereocenters. The molecule has 35 heavy (non-hydrogen) atoms. The second-order valence-electron chi connectivity index (χ2n) is 8.38. The number of hydrogen-bond acceptors (Lipinski definition) is 5. The van der Waals surface area contributed by atoms with Gasteiger partial charge in [-0.15, -0.1) is 0 Å². The van der Waals surface area contributed by atoms with E-state index in [9.17, 15) is 14.4 Å². The SMILES string of the molecule is O=C(CN1C(=O)NC(c2ccccc2)(c2ccccc2)C1=O)NCCc1ccc2c(c1)OCCO2. The summed E-state index contributed by atoms with van der Waals surface area (Å²) in [5.74, 6) is 0.505. The molecule has 0 atom stereocenters. The van der Waals surface area contributed by atoms with Crippen LogP contribution in [0, 0.1) is 0 Å². The fourth-order valence-corrected chi connectivity index (χ4v) is 4.44. The van der Waals surface area contributed by atoms with Crippen LogP contribution in [0.3, 0.4) is 0 Å². The highest BCUT2D eigenvalue weighted by Gasteiger charge is 2.54. The number of imide groups is 1. The van der Waals surface area contributed by atoms with Crippen molar-refractivity contribution in [3.05, 3.63) is 95.6 Å². The van der Waals surface area contributed by atoms with Gasteiger partial charge in [-0.25, -0.2) is 4.79 Å². The summed E-state index contributed by atoms with van der Waals surface area (Å²) >= 11 is 0. The maximum Gasteiger partial charge on any atom is 0.326 e. The number of nitrogens with one attached hydrogen (secondary N) is 2. The van der Waals surface area contributed by atoms with Crippen molar-refractivity contribution >= 4 is 17.8 Å². The molecular weight excluding hydrogens is 446 g/mol. The standard InChI is InChI=1S/C27H25N3O5/c31-24(28-14-13-19-11-12-22-23(17-19)35-16-15-34-22)18-30-25(32)27(29-26(30)33,20-7-3-1-4-8-20)21-9-5-2-6-10-21/h1-12,17H,13-16,18H2,(H,28,31)(H,29,33). The number of amides is 4. The molecule has 0 bridgehead atoms. The fourth-order valence-electron chi connectivity index (χ4n) is 4.44. The lowest BCUT2D eigenvalue weighted by molar-refractivity contribution is -0.134. The maximum atomic E-state index is 13.6. The second kappa shape index (κ2) is 9.50. The Morgan fingerprint density at radius 1 is 0.886 bits per heavy atom. The lowest BCUT2D eigenvalue weighted by Gasteiger charge is -2.28. The number of ether oxygens (including phenoxy) is 2. The summed E-state index contributed by atoms with van der Waals surface area (Å²) in [6.07, 6.45) is 0.570. The molecular formula is C27H25N3O5. The van der Waals surface area contributed by atoms with E-state index >= 15 is 0 Å². The maximum absolute atomic E-state index is 13.6. The van der Waals surface area contributed by atoms with Crippen LogP contribution in [-0.4, -0.2) is 49.0 Å². The van der Waals surface area contributed by atoms with Crippen LogP contribution in [0.2, 0.25) is 0 Å². The smallest absolute Gasteiger partial charge is 0.326 e. The van der Waals surface area contributed by atoms with Crippen LogP contribution >= 0.6 is 0 Å². The minimum Gasteiger partial charge on any atom is -0.486 e. The number of nitrogens with zero attached hydrogens (tertiary/aromatic N) is 1. The summed E-state index contributed by atoms with van der Waals surface area (Å²) in [5.41, 5.74) is 0.860. The quantitative estimate of drug-likeness (QED) is 0.517. The van der Waals surface area contributed by atoms with Crippen LogP contribution in [-0.2, 0) is 21.5 Å². The van der Waals surface area contributed by atoms with Gasteiger partial charge in [0.15, 0.2) is 17.0 Å². The summed E-state index contributed by atoms with van der Waals surface area (Å²) < 4.78 is 11.1. The molecule has 2 heterocycles. The lowest BCUT2D eigenvalue weighted by atomic mass is 9.82. The molecule has 0 aliphatic carbocycles. The van der Waals surface area contributed by atoms with Crippen molar-refractivity contribution in [2.45, 2.75) is 12.0 Å². The Hall–Kier alpha value is -4.33. The topological polar surface area (TPSA) is 97.0 Å². The zero-order valence-corrected chi connectivity index (χ0v) is 19.0. The summed E-state index contributed by atoms with van der Waals surface area (Å²) in [6.45, 7) is 1.02. The van der Waals surface area contributed by atoms with E-state index in [-0.39, 0.29) is 6.54 Å². The van der Waals surface area contributed by atoms with Crippen LogP contribution in [0.4, 0.5) is 4.79 Å². The summed E-state index contributed by atoms with van der Waals surface area (Å²) in [7, 11) is 0. The van der Waals surface area contributed by atoms with E-state index in [1.54, 1.807) is 24.3 Å². The van der Waals surface area contributed by atoms with E-state index in [2.05, 4.69) is 10.6 Å². The molecule has 5 rings (SSSR count). The molecule has 0 aromatic heterocycles. The molecule has 0 radical (unpaired) electrons. The normalized spacial score (nSPS) is 16.1. The van der Waals surface area contributed by atoms with Crippen LogP contribution < -0.4 is 20.1 Å². The largest absolute Gasteiger partial charge is 0.486 e. The number of carbonyl (C=O) groups excluding carboxylic acids is 3. The van der Waals surface area contributed by atoms with Crippen LogP contribution in [0.1, 0.15) is 16.7 Å². The first-order valence-corrected chi connectivity index (χ1v) is 11.5. The Morgan fingerprint density at radius 2 is 1.51 bits per heavy atom. The van der Waals surface area contributed by atoms with Gasteiger partial charge in [0.25, 0.3) is 5.91 Å².